The van der Waals surface area contributed by atoms with Gasteiger partial charge in [0.1, 0.15) is 0 Å². The van der Waals surface area contributed by atoms with E-state index in [1.54, 1.807) is 6.20 Å². The van der Waals surface area contributed by atoms with Crippen molar-refractivity contribution in [2.45, 2.75) is 39.8 Å². The van der Waals surface area contributed by atoms with Gasteiger partial charge in [-0.1, -0.05) is 13.8 Å². The lowest BCUT2D eigenvalue weighted by Gasteiger charge is -2.15. The minimum Gasteiger partial charge on any atom is -0.305 e. The Bertz CT molecular complexity index is 503. The second kappa shape index (κ2) is 6.43. The highest BCUT2D eigenvalue weighted by atomic mass is 15.3. The molecule has 0 spiro atoms. The molecule has 2 aromatic heterocycles. The highest BCUT2D eigenvalue weighted by Crippen LogP contribution is 2.19. The van der Waals surface area contributed by atoms with Gasteiger partial charge in [0.05, 0.1) is 29.8 Å². The van der Waals surface area contributed by atoms with Gasteiger partial charge in [-0.05, 0) is 19.9 Å². The summed E-state index contributed by atoms with van der Waals surface area (Å²) in [4.78, 5) is 8.79. The summed E-state index contributed by atoms with van der Waals surface area (Å²) in [7, 11) is 0. The van der Waals surface area contributed by atoms with Crippen LogP contribution in [0.5, 0.6) is 0 Å². The first-order valence-electron chi connectivity index (χ1n) is 6.78. The van der Waals surface area contributed by atoms with Crippen molar-refractivity contribution in [1.29, 1.82) is 0 Å². The third-order valence-corrected chi connectivity index (χ3v) is 2.94. The van der Waals surface area contributed by atoms with E-state index in [1.165, 1.54) is 0 Å². The Balaban J connectivity index is 2.25. The van der Waals surface area contributed by atoms with Crippen molar-refractivity contribution in [3.05, 3.63) is 41.7 Å². The van der Waals surface area contributed by atoms with Crippen LogP contribution in [-0.2, 0) is 6.54 Å². The van der Waals surface area contributed by atoms with Gasteiger partial charge in [-0.15, -0.1) is 0 Å². The first kappa shape index (κ1) is 13.7. The second-order valence-electron chi connectivity index (χ2n) is 4.61. The van der Waals surface area contributed by atoms with Crippen LogP contribution in [0.3, 0.4) is 0 Å². The number of nitrogens with one attached hydrogen (secondary N) is 1. The Morgan fingerprint density at radius 1 is 1.21 bits per heavy atom. The maximum Gasteiger partial charge on any atom is 0.0802 e. The van der Waals surface area contributed by atoms with Gasteiger partial charge in [0.25, 0.3) is 0 Å². The summed E-state index contributed by atoms with van der Waals surface area (Å²) in [5.74, 6) is 0. The Labute approximate surface area is 114 Å². The fraction of sp³-hybridized carbons (Fsp3) is 0.500. The van der Waals surface area contributed by atoms with Crippen molar-refractivity contribution in [2.24, 2.45) is 0 Å². The summed E-state index contributed by atoms with van der Waals surface area (Å²) >= 11 is 0. The van der Waals surface area contributed by atoms with Gasteiger partial charge >= 0.3 is 0 Å². The third kappa shape index (κ3) is 3.38. The molecule has 1 N–H and O–H groups in total. The summed E-state index contributed by atoms with van der Waals surface area (Å²) in [6, 6.07) is 0.0590. The van der Waals surface area contributed by atoms with Crippen LogP contribution in [0.2, 0.25) is 0 Å². The van der Waals surface area contributed by atoms with Crippen molar-refractivity contribution in [3.8, 4) is 0 Å². The van der Waals surface area contributed by atoms with E-state index in [0.717, 1.165) is 36.5 Å². The van der Waals surface area contributed by atoms with Gasteiger partial charge < -0.3 is 5.32 Å². The van der Waals surface area contributed by atoms with E-state index in [4.69, 9.17) is 0 Å². The van der Waals surface area contributed by atoms with Crippen LogP contribution in [0.4, 0.5) is 0 Å². The summed E-state index contributed by atoms with van der Waals surface area (Å²) in [6.45, 7) is 8.00. The van der Waals surface area contributed by atoms with Crippen molar-refractivity contribution in [1.82, 2.24) is 25.1 Å². The summed E-state index contributed by atoms with van der Waals surface area (Å²) in [5.41, 5.74) is 3.00. The molecular weight excluding hydrogens is 238 g/mol. The number of nitrogens with zero attached hydrogens (tertiary/aromatic N) is 4. The normalized spacial score (nSPS) is 12.6. The molecule has 0 radical (unpaired) electrons. The molecule has 1 atom stereocenters. The molecule has 0 aliphatic carbocycles. The molecule has 0 saturated heterocycles. The van der Waals surface area contributed by atoms with Crippen LogP contribution >= 0.6 is 0 Å². The molecule has 0 aliphatic heterocycles. The number of hydrogen-bond donors (Lipinski definition) is 1. The second-order valence-corrected chi connectivity index (χ2v) is 4.61. The molecule has 102 valence electrons. The van der Waals surface area contributed by atoms with Gasteiger partial charge in [-0.2, -0.15) is 5.10 Å². The molecule has 0 aromatic carbocycles. The van der Waals surface area contributed by atoms with Gasteiger partial charge in [-0.25, -0.2) is 0 Å². The zero-order chi connectivity index (χ0) is 13.7. The van der Waals surface area contributed by atoms with E-state index < -0.39 is 0 Å². The zero-order valence-corrected chi connectivity index (χ0v) is 11.8. The Kier molecular flexibility index (Phi) is 4.63. The molecule has 2 heterocycles. The van der Waals surface area contributed by atoms with Crippen molar-refractivity contribution in [3.63, 3.8) is 0 Å². The highest BCUT2D eigenvalue weighted by molar-refractivity contribution is 5.22. The average Bonchev–Trinajstić information content (AvgIpc) is 2.86. The van der Waals surface area contributed by atoms with E-state index in [2.05, 4.69) is 40.4 Å². The van der Waals surface area contributed by atoms with Gasteiger partial charge in [0, 0.05) is 24.5 Å². The fourth-order valence-electron chi connectivity index (χ4n) is 2.03. The predicted octanol–water partition coefficient (Wildman–Crippen LogP) is 2.09. The van der Waals surface area contributed by atoms with E-state index in [1.807, 2.05) is 24.0 Å². The molecule has 0 fully saturated rings. The van der Waals surface area contributed by atoms with Crippen LogP contribution in [0.15, 0.2) is 24.8 Å². The maximum absolute atomic E-state index is 4.47. The van der Waals surface area contributed by atoms with Gasteiger partial charge in [0.2, 0.25) is 0 Å². The molecule has 5 heteroatoms. The van der Waals surface area contributed by atoms with Gasteiger partial charge in [-0.3, -0.25) is 14.6 Å². The molecule has 0 bridgehead atoms. The maximum atomic E-state index is 4.47. The predicted molar refractivity (Wildman–Crippen MR) is 74.8 cm³/mol. The van der Waals surface area contributed by atoms with E-state index in [9.17, 15) is 0 Å². The monoisotopic (exact) mass is 259 g/mol. The van der Waals surface area contributed by atoms with E-state index >= 15 is 0 Å². The standard InChI is InChI=1S/C14H21N5/c1-4-6-19-10-12(8-18-19)14(15-5-2)13-9-16-11(3)7-17-13/h7-10,14-15H,4-6H2,1-3H3. The molecule has 1 unspecified atom stereocenters. The Hall–Kier alpha value is -1.75. The molecule has 0 aliphatic rings. The average molecular weight is 259 g/mol. The van der Waals surface area contributed by atoms with Crippen molar-refractivity contribution in [2.75, 3.05) is 6.54 Å². The fourth-order valence-corrected chi connectivity index (χ4v) is 2.03. The smallest absolute Gasteiger partial charge is 0.0802 e. The molecule has 2 rings (SSSR count). The Morgan fingerprint density at radius 2 is 2.05 bits per heavy atom. The van der Waals surface area contributed by atoms with Crippen LogP contribution in [0.1, 0.15) is 43.3 Å². The summed E-state index contributed by atoms with van der Waals surface area (Å²) < 4.78 is 1.97. The number of aryl methyl sites for hydroxylation is 2. The SMILES string of the molecule is CCCn1cc(C(NCC)c2cnc(C)cn2)cn1. The summed E-state index contributed by atoms with van der Waals surface area (Å²) in [6.07, 6.45) is 8.70. The largest absolute Gasteiger partial charge is 0.305 e. The van der Waals surface area contributed by atoms with E-state index in [-0.39, 0.29) is 6.04 Å². The first-order valence-corrected chi connectivity index (χ1v) is 6.78. The van der Waals surface area contributed by atoms with Crippen LogP contribution < -0.4 is 5.32 Å². The minimum absolute atomic E-state index is 0.0590. The zero-order valence-electron chi connectivity index (χ0n) is 11.8. The molecule has 2 aromatic rings. The molecule has 0 saturated carbocycles. The molecule has 5 nitrogen and oxygen atoms in total. The lowest BCUT2D eigenvalue weighted by Crippen LogP contribution is -2.22. The van der Waals surface area contributed by atoms with Crippen LogP contribution in [0.25, 0.3) is 0 Å². The third-order valence-electron chi connectivity index (χ3n) is 2.94. The highest BCUT2D eigenvalue weighted by Gasteiger charge is 2.16. The first-order chi connectivity index (χ1) is 9.24. The van der Waals surface area contributed by atoms with Crippen LogP contribution in [0, 0.1) is 6.92 Å². The Morgan fingerprint density at radius 3 is 2.68 bits per heavy atom. The minimum atomic E-state index is 0.0590. The quantitative estimate of drug-likeness (QED) is 0.863. The lowest BCUT2D eigenvalue weighted by atomic mass is 10.1. The lowest BCUT2D eigenvalue weighted by molar-refractivity contribution is 0.593. The van der Waals surface area contributed by atoms with Crippen molar-refractivity contribution >= 4 is 0 Å². The molecule has 19 heavy (non-hydrogen) atoms. The molecular formula is C14H21N5. The summed E-state index contributed by atoms with van der Waals surface area (Å²) in [5, 5.41) is 7.81. The van der Waals surface area contributed by atoms with Crippen molar-refractivity contribution < 1.29 is 0 Å². The van der Waals surface area contributed by atoms with E-state index in [0.29, 0.717) is 0 Å². The van der Waals surface area contributed by atoms with Crippen LogP contribution in [-0.4, -0.2) is 26.3 Å². The number of hydrogen-bond acceptors (Lipinski definition) is 4. The topological polar surface area (TPSA) is 55.6 Å². The molecule has 0 amide bonds. The number of rotatable bonds is 6. The number of aromatic nitrogens is 4. The van der Waals surface area contributed by atoms with Gasteiger partial charge in [0.15, 0.2) is 0 Å².